The number of amides is 1. The highest BCUT2D eigenvalue weighted by Crippen LogP contribution is 2.19. The van der Waals surface area contributed by atoms with Crippen LogP contribution in [0, 0.1) is 0 Å². The molecule has 0 bridgehead atoms. The molecule has 28 heavy (non-hydrogen) atoms. The van der Waals surface area contributed by atoms with Crippen molar-refractivity contribution in [1.29, 1.82) is 0 Å². The summed E-state index contributed by atoms with van der Waals surface area (Å²) < 4.78 is 7.06. The fourth-order valence-electron chi connectivity index (χ4n) is 3.35. The molecule has 0 radical (unpaired) electrons. The number of carbonyl (C=O) groups excluding carboxylic acids is 1. The molecule has 1 amide bonds. The van der Waals surface area contributed by atoms with E-state index in [4.69, 9.17) is 4.74 Å². The van der Waals surface area contributed by atoms with Crippen molar-refractivity contribution in [3.05, 3.63) is 65.0 Å². The maximum Gasteiger partial charge on any atom is 0.226 e. The van der Waals surface area contributed by atoms with E-state index >= 15 is 0 Å². The number of carbonyl (C=O) groups is 1. The smallest absolute Gasteiger partial charge is 0.226 e. The predicted molar refractivity (Wildman–Crippen MR) is 109 cm³/mol. The molecule has 0 aliphatic carbocycles. The lowest BCUT2D eigenvalue weighted by atomic mass is 10.2. The number of rotatable bonds is 5. The fourth-order valence-corrected chi connectivity index (χ4v) is 3.35. The number of anilines is 2. The summed E-state index contributed by atoms with van der Waals surface area (Å²) in [5.41, 5.74) is 2.51. The van der Waals surface area contributed by atoms with Gasteiger partial charge in [0.1, 0.15) is 0 Å². The largest absolute Gasteiger partial charge is 0.378 e. The van der Waals surface area contributed by atoms with Gasteiger partial charge in [0.05, 0.1) is 31.5 Å². The van der Waals surface area contributed by atoms with E-state index in [0.29, 0.717) is 11.9 Å². The summed E-state index contributed by atoms with van der Waals surface area (Å²) in [6, 6.07) is 15.1. The number of para-hydroxylation sites is 1. The number of fused-ring (bicyclic) bond motifs is 1. The lowest BCUT2D eigenvalue weighted by Gasteiger charge is -2.28. The molecule has 7 nitrogen and oxygen atoms in total. The minimum Gasteiger partial charge on any atom is -0.378 e. The van der Waals surface area contributed by atoms with Crippen LogP contribution in [0.2, 0.25) is 0 Å². The molecule has 3 aromatic rings. The van der Waals surface area contributed by atoms with Crippen LogP contribution >= 0.6 is 0 Å². The third-order valence-electron chi connectivity index (χ3n) is 4.84. The Hall–Kier alpha value is -3.19. The number of aromatic nitrogens is 2. The van der Waals surface area contributed by atoms with Gasteiger partial charge in [-0.2, -0.15) is 5.10 Å². The van der Waals surface area contributed by atoms with E-state index in [-0.39, 0.29) is 17.8 Å². The molecular weight excluding hydrogens is 356 g/mol. The van der Waals surface area contributed by atoms with E-state index in [9.17, 15) is 9.59 Å². The average Bonchev–Trinajstić information content (AvgIpc) is 2.75. The number of hydrogen-bond acceptors (Lipinski definition) is 5. The number of morpholine rings is 1. The van der Waals surface area contributed by atoms with E-state index in [1.807, 2.05) is 42.5 Å². The molecule has 1 aromatic heterocycles. The molecule has 1 aliphatic heterocycles. The summed E-state index contributed by atoms with van der Waals surface area (Å²) in [4.78, 5) is 26.5. The zero-order valence-electron chi connectivity index (χ0n) is 15.5. The first-order valence-electron chi connectivity index (χ1n) is 9.38. The summed E-state index contributed by atoms with van der Waals surface area (Å²) in [6.07, 6.45) is 1.57. The van der Waals surface area contributed by atoms with Crippen molar-refractivity contribution >= 4 is 28.2 Å². The molecule has 0 saturated carbocycles. The Bertz CT molecular complexity index is 1020. The lowest BCUT2D eigenvalue weighted by molar-refractivity contribution is -0.116. The maximum atomic E-state index is 12.3. The van der Waals surface area contributed by atoms with Crippen molar-refractivity contribution < 1.29 is 9.53 Å². The van der Waals surface area contributed by atoms with E-state index in [1.54, 1.807) is 10.7 Å². The fraction of sp³-hybridized carbons (Fsp3) is 0.286. The van der Waals surface area contributed by atoms with Gasteiger partial charge in [-0.25, -0.2) is 0 Å². The Morgan fingerprint density at radius 3 is 2.61 bits per heavy atom. The van der Waals surface area contributed by atoms with Crippen molar-refractivity contribution in [2.45, 2.75) is 13.0 Å². The molecule has 0 spiro atoms. The number of hydrogen-bond donors (Lipinski definition) is 1. The molecule has 1 aliphatic rings. The van der Waals surface area contributed by atoms with Gasteiger partial charge < -0.3 is 15.0 Å². The van der Waals surface area contributed by atoms with E-state index in [2.05, 4.69) is 15.3 Å². The predicted octanol–water partition coefficient (Wildman–Crippen LogP) is 2.26. The molecule has 1 N–H and O–H groups in total. The van der Waals surface area contributed by atoms with Crippen LogP contribution in [0.5, 0.6) is 0 Å². The Morgan fingerprint density at radius 1 is 1.07 bits per heavy atom. The number of benzene rings is 2. The quantitative estimate of drug-likeness (QED) is 0.737. The van der Waals surface area contributed by atoms with Gasteiger partial charge in [-0.1, -0.05) is 12.1 Å². The molecule has 144 valence electrons. The highest BCUT2D eigenvalue weighted by Gasteiger charge is 2.11. The molecule has 7 heteroatoms. The molecule has 2 heterocycles. The average molecular weight is 378 g/mol. The topological polar surface area (TPSA) is 76.5 Å². The van der Waals surface area contributed by atoms with Gasteiger partial charge in [0, 0.05) is 36.3 Å². The van der Waals surface area contributed by atoms with Crippen LogP contribution < -0.4 is 15.6 Å². The summed E-state index contributed by atoms with van der Waals surface area (Å²) >= 11 is 0. The minimum atomic E-state index is -0.114. The van der Waals surface area contributed by atoms with Gasteiger partial charge in [-0.15, -0.1) is 0 Å². The van der Waals surface area contributed by atoms with Gasteiger partial charge in [0.2, 0.25) is 11.3 Å². The highest BCUT2D eigenvalue weighted by molar-refractivity contribution is 5.91. The van der Waals surface area contributed by atoms with Gasteiger partial charge in [0.25, 0.3) is 0 Å². The Kier molecular flexibility index (Phi) is 5.34. The molecular formula is C21H22N4O3. The van der Waals surface area contributed by atoms with Gasteiger partial charge in [-0.3, -0.25) is 14.3 Å². The van der Waals surface area contributed by atoms with Crippen LogP contribution in [-0.2, 0) is 16.1 Å². The van der Waals surface area contributed by atoms with E-state index < -0.39 is 0 Å². The number of aryl methyl sites for hydroxylation is 1. The van der Waals surface area contributed by atoms with E-state index in [0.717, 1.165) is 43.2 Å². The summed E-state index contributed by atoms with van der Waals surface area (Å²) in [6.45, 7) is 3.65. The molecule has 2 aromatic carbocycles. The van der Waals surface area contributed by atoms with Crippen molar-refractivity contribution in [1.82, 2.24) is 9.78 Å². The number of ether oxygens (including phenoxy) is 1. The highest BCUT2D eigenvalue weighted by atomic mass is 16.5. The second kappa shape index (κ2) is 8.22. The first-order chi connectivity index (χ1) is 13.7. The van der Waals surface area contributed by atoms with E-state index in [1.165, 1.54) is 6.20 Å². The molecule has 0 unspecified atom stereocenters. The Labute approximate surface area is 162 Å². The third kappa shape index (κ3) is 4.04. The van der Waals surface area contributed by atoms with Crippen LogP contribution in [0.4, 0.5) is 11.4 Å². The van der Waals surface area contributed by atoms with Crippen LogP contribution in [0.25, 0.3) is 10.9 Å². The van der Waals surface area contributed by atoms with Crippen LogP contribution in [-0.4, -0.2) is 42.0 Å². The number of nitrogens with zero attached hydrogens (tertiary/aromatic N) is 3. The first-order valence-corrected chi connectivity index (χ1v) is 9.38. The van der Waals surface area contributed by atoms with Crippen molar-refractivity contribution in [2.24, 2.45) is 0 Å². The Balaban J connectivity index is 1.37. The molecule has 0 atom stereocenters. The monoisotopic (exact) mass is 378 g/mol. The summed E-state index contributed by atoms with van der Waals surface area (Å²) in [5, 5.41) is 7.68. The number of nitrogens with one attached hydrogen (secondary N) is 1. The lowest BCUT2D eigenvalue weighted by Crippen LogP contribution is -2.36. The second-order valence-corrected chi connectivity index (χ2v) is 6.69. The van der Waals surface area contributed by atoms with Crippen molar-refractivity contribution in [3.63, 3.8) is 0 Å². The molecule has 1 fully saturated rings. The van der Waals surface area contributed by atoms with Gasteiger partial charge in [-0.05, 0) is 36.4 Å². The van der Waals surface area contributed by atoms with Crippen molar-refractivity contribution in [2.75, 3.05) is 36.5 Å². The van der Waals surface area contributed by atoms with Gasteiger partial charge in [0.15, 0.2) is 0 Å². The zero-order chi connectivity index (χ0) is 19.3. The minimum absolute atomic E-state index is 0.0938. The van der Waals surface area contributed by atoms with Crippen LogP contribution in [0.1, 0.15) is 6.42 Å². The molecule has 1 saturated heterocycles. The standard InChI is InChI=1S/C21H22N4O3/c26-20-15-22-25(19-4-2-1-3-18(19)20)10-9-21(27)23-16-5-7-17(8-6-16)24-11-13-28-14-12-24/h1-8,15H,9-14H2,(H,23,27). The van der Waals surface area contributed by atoms with Crippen LogP contribution in [0.15, 0.2) is 59.5 Å². The Morgan fingerprint density at radius 2 is 1.82 bits per heavy atom. The molecule has 4 rings (SSSR count). The van der Waals surface area contributed by atoms with Gasteiger partial charge >= 0.3 is 0 Å². The maximum absolute atomic E-state index is 12.3. The second-order valence-electron chi connectivity index (χ2n) is 6.69. The third-order valence-corrected chi connectivity index (χ3v) is 4.84. The summed E-state index contributed by atoms with van der Waals surface area (Å²) in [5.74, 6) is -0.0938. The summed E-state index contributed by atoms with van der Waals surface area (Å²) in [7, 11) is 0. The van der Waals surface area contributed by atoms with Crippen molar-refractivity contribution in [3.8, 4) is 0 Å². The SMILES string of the molecule is O=C(CCn1ncc(=O)c2ccccc21)Nc1ccc(N2CCOCC2)cc1. The van der Waals surface area contributed by atoms with Crippen LogP contribution in [0.3, 0.4) is 0 Å². The first kappa shape index (κ1) is 18.2. The zero-order valence-corrected chi connectivity index (χ0v) is 15.5. The normalized spacial score (nSPS) is 14.2.